The van der Waals surface area contributed by atoms with Crippen LogP contribution in [0.1, 0.15) is 13.8 Å². The fourth-order valence-corrected chi connectivity index (χ4v) is 5.16. The third kappa shape index (κ3) is 3.84. The number of hydrogen-bond donors (Lipinski definition) is 1. The molecule has 0 saturated carbocycles. The fraction of sp³-hybridized carbons (Fsp3) is 0.400. The molecule has 0 fully saturated rings. The standard InChI is InChI=1S/C10H14N3O3P3/c1-8(2)15-9-5-3-4-6-10(9)16-19(7-14)12-17-11-18-13-19/h3-6,8,14H,7H2,1-2H3. The highest BCUT2D eigenvalue weighted by Gasteiger charge is 2.23. The Morgan fingerprint density at radius 2 is 2.00 bits per heavy atom. The number of hydrogen-bond acceptors (Lipinski definition) is 6. The van der Waals surface area contributed by atoms with Crippen molar-refractivity contribution in [3.05, 3.63) is 24.3 Å². The highest BCUT2D eigenvalue weighted by molar-refractivity contribution is 7.68. The van der Waals surface area contributed by atoms with Crippen molar-refractivity contribution in [2.45, 2.75) is 20.0 Å². The maximum Gasteiger partial charge on any atom is 0.287 e. The van der Waals surface area contributed by atoms with E-state index in [0.717, 1.165) is 0 Å². The Morgan fingerprint density at radius 1 is 1.26 bits per heavy atom. The molecule has 6 nitrogen and oxygen atoms in total. The Bertz CT molecular complexity index is 560. The van der Waals surface area contributed by atoms with Gasteiger partial charge in [0.1, 0.15) is 6.35 Å². The van der Waals surface area contributed by atoms with Gasteiger partial charge in [0.15, 0.2) is 28.5 Å². The number of rotatable bonds is 5. The molecule has 1 aromatic rings. The summed E-state index contributed by atoms with van der Waals surface area (Å²) in [5.74, 6) is 1.19. The van der Waals surface area contributed by atoms with E-state index >= 15 is 0 Å². The van der Waals surface area contributed by atoms with Crippen LogP contribution in [-0.2, 0) is 0 Å². The lowest BCUT2D eigenvalue weighted by atomic mass is 10.3. The van der Waals surface area contributed by atoms with Crippen LogP contribution in [-0.4, -0.2) is 17.6 Å². The molecule has 1 aliphatic heterocycles. The minimum Gasteiger partial charge on any atom is -0.487 e. The minimum atomic E-state index is -2.56. The van der Waals surface area contributed by atoms with Gasteiger partial charge in [-0.05, 0) is 26.0 Å². The lowest BCUT2D eigenvalue weighted by Crippen LogP contribution is -2.07. The third-order valence-corrected chi connectivity index (χ3v) is 6.45. The molecule has 0 aliphatic carbocycles. The molecular formula is C10H14N3O3P3. The van der Waals surface area contributed by atoms with Crippen molar-refractivity contribution >= 4 is 24.5 Å². The molecular weight excluding hydrogens is 303 g/mol. The average molecular weight is 317 g/mol. The van der Waals surface area contributed by atoms with E-state index in [1.807, 2.05) is 32.0 Å². The predicted molar refractivity (Wildman–Crippen MR) is 78.0 cm³/mol. The molecule has 0 saturated heterocycles. The SMILES string of the molecule is CC(C)Oc1ccccc1OP1(CO)=NP=NP=N1. The minimum absolute atomic E-state index is 0.0413. The van der Waals surface area contributed by atoms with Crippen molar-refractivity contribution in [3.63, 3.8) is 0 Å². The predicted octanol–water partition coefficient (Wildman–Crippen LogP) is 4.94. The smallest absolute Gasteiger partial charge is 0.287 e. The maximum atomic E-state index is 9.52. The summed E-state index contributed by atoms with van der Waals surface area (Å²) >= 11 is 0. The molecule has 19 heavy (non-hydrogen) atoms. The summed E-state index contributed by atoms with van der Waals surface area (Å²) in [6, 6.07) is 7.34. The quantitative estimate of drug-likeness (QED) is 0.782. The number of para-hydroxylation sites is 2. The summed E-state index contributed by atoms with van der Waals surface area (Å²) in [7, 11) is -1.45. The second-order valence-corrected chi connectivity index (χ2v) is 8.26. The van der Waals surface area contributed by atoms with Crippen LogP contribution in [0.2, 0.25) is 0 Å². The molecule has 1 N–H and O–H groups in total. The maximum absolute atomic E-state index is 9.52. The molecule has 9 heteroatoms. The van der Waals surface area contributed by atoms with Gasteiger partial charge < -0.3 is 14.4 Å². The van der Waals surface area contributed by atoms with Crippen molar-refractivity contribution in [1.82, 2.24) is 0 Å². The highest BCUT2D eigenvalue weighted by Crippen LogP contribution is 2.59. The van der Waals surface area contributed by atoms with E-state index < -0.39 is 7.43 Å². The summed E-state index contributed by atoms with van der Waals surface area (Å²) in [6.45, 7) is 3.89. The second-order valence-electron chi connectivity index (χ2n) is 3.96. The lowest BCUT2D eigenvalue weighted by molar-refractivity contribution is 0.236. The van der Waals surface area contributed by atoms with E-state index in [0.29, 0.717) is 28.5 Å². The van der Waals surface area contributed by atoms with Crippen LogP contribution in [0.4, 0.5) is 0 Å². The summed E-state index contributed by atoms with van der Waals surface area (Å²) in [6.07, 6.45) is -0.182. The monoisotopic (exact) mass is 317 g/mol. The molecule has 1 unspecified atom stereocenters. The number of aliphatic hydroxyl groups excluding tert-OH is 1. The molecule has 0 spiro atoms. The van der Waals surface area contributed by atoms with E-state index in [1.165, 1.54) is 0 Å². The molecule has 2 rings (SSSR count). The molecule has 0 amide bonds. The van der Waals surface area contributed by atoms with Crippen LogP contribution in [0.3, 0.4) is 0 Å². The van der Waals surface area contributed by atoms with Gasteiger partial charge in [-0.1, -0.05) is 12.1 Å². The molecule has 0 radical (unpaired) electrons. The summed E-state index contributed by atoms with van der Waals surface area (Å²) in [5, 5.41) is 9.52. The van der Waals surface area contributed by atoms with Crippen molar-refractivity contribution in [1.29, 1.82) is 0 Å². The molecule has 102 valence electrons. The van der Waals surface area contributed by atoms with Crippen LogP contribution in [0.25, 0.3) is 0 Å². The summed E-state index contributed by atoms with van der Waals surface area (Å²) in [5.41, 5.74) is 0. The largest absolute Gasteiger partial charge is 0.487 e. The highest BCUT2D eigenvalue weighted by atomic mass is 31.2. The number of nitrogens with zero attached hydrogens (tertiary/aromatic N) is 3. The zero-order valence-corrected chi connectivity index (χ0v) is 13.2. The first kappa shape index (κ1) is 14.6. The topological polar surface area (TPSA) is 75.8 Å². The van der Waals surface area contributed by atoms with Gasteiger partial charge in [0.25, 0.3) is 7.43 Å². The van der Waals surface area contributed by atoms with Crippen LogP contribution >= 0.6 is 24.5 Å². The van der Waals surface area contributed by atoms with E-state index in [4.69, 9.17) is 9.26 Å². The van der Waals surface area contributed by atoms with Gasteiger partial charge in [0.05, 0.1) is 6.10 Å². The van der Waals surface area contributed by atoms with Crippen molar-refractivity contribution in [2.75, 3.05) is 6.35 Å². The van der Waals surface area contributed by atoms with Gasteiger partial charge in [-0.25, -0.2) is 0 Å². The Morgan fingerprint density at radius 3 is 2.58 bits per heavy atom. The Hall–Kier alpha value is -0.790. The van der Waals surface area contributed by atoms with Gasteiger partial charge in [-0.3, -0.25) is 0 Å². The molecule has 1 aliphatic rings. The normalized spacial score (nSPS) is 22.9. The van der Waals surface area contributed by atoms with Gasteiger partial charge in [0.2, 0.25) is 0 Å². The zero-order valence-electron chi connectivity index (χ0n) is 10.5. The first-order chi connectivity index (χ1) is 9.15. The number of aliphatic hydroxyl groups is 1. The summed E-state index contributed by atoms with van der Waals surface area (Å²) in [4.78, 5) is 0. The molecule has 0 bridgehead atoms. The molecule has 0 aromatic heterocycles. The Balaban J connectivity index is 2.30. The van der Waals surface area contributed by atoms with Crippen molar-refractivity contribution in [3.8, 4) is 11.5 Å². The first-order valence-corrected chi connectivity index (χ1v) is 9.04. The second kappa shape index (κ2) is 6.58. The van der Waals surface area contributed by atoms with Crippen LogP contribution in [0, 0.1) is 0 Å². The molecule has 1 atom stereocenters. The van der Waals surface area contributed by atoms with E-state index in [9.17, 15) is 5.11 Å². The third-order valence-electron chi connectivity index (χ3n) is 2.08. The van der Waals surface area contributed by atoms with Crippen LogP contribution in [0.5, 0.6) is 11.5 Å². The molecule has 1 aromatic carbocycles. The zero-order chi connectivity index (χ0) is 13.7. The lowest BCUT2D eigenvalue weighted by Gasteiger charge is -2.20. The van der Waals surface area contributed by atoms with Crippen LogP contribution < -0.4 is 9.26 Å². The fourth-order valence-electron chi connectivity index (χ4n) is 1.35. The van der Waals surface area contributed by atoms with Gasteiger partial charge in [-0.15, -0.1) is 0 Å². The van der Waals surface area contributed by atoms with Gasteiger partial charge >= 0.3 is 0 Å². The van der Waals surface area contributed by atoms with Crippen LogP contribution in [0.15, 0.2) is 37.8 Å². The van der Waals surface area contributed by atoms with E-state index in [1.54, 1.807) is 6.07 Å². The Kier molecular flexibility index (Phi) is 5.06. The molecule has 1 heterocycles. The first-order valence-electron chi connectivity index (χ1n) is 5.64. The van der Waals surface area contributed by atoms with Gasteiger partial charge in [0, 0.05) is 0 Å². The summed E-state index contributed by atoms with van der Waals surface area (Å²) < 4.78 is 23.9. The number of ether oxygens (including phenoxy) is 1. The van der Waals surface area contributed by atoms with Crippen molar-refractivity contribution in [2.24, 2.45) is 13.5 Å². The van der Waals surface area contributed by atoms with E-state index in [2.05, 4.69) is 13.5 Å². The van der Waals surface area contributed by atoms with E-state index in [-0.39, 0.29) is 12.5 Å². The van der Waals surface area contributed by atoms with Crippen molar-refractivity contribution < 1.29 is 14.4 Å². The Labute approximate surface area is 115 Å². The number of benzene rings is 1. The average Bonchev–Trinajstić information content (AvgIpc) is 2.41. The van der Waals surface area contributed by atoms with Gasteiger partial charge in [-0.2, -0.15) is 13.5 Å².